The van der Waals surface area contributed by atoms with E-state index in [0.717, 1.165) is 24.4 Å². The minimum absolute atomic E-state index is 0.0124. The molecule has 0 aliphatic heterocycles. The average molecular weight is 333 g/mol. The lowest BCUT2D eigenvalue weighted by Gasteiger charge is -2.21. The van der Waals surface area contributed by atoms with Crippen molar-refractivity contribution in [3.63, 3.8) is 0 Å². The minimum Gasteiger partial charge on any atom is -0.462 e. The third kappa shape index (κ3) is 3.55. The Kier molecular flexibility index (Phi) is 5.51. The third-order valence-electron chi connectivity index (χ3n) is 5.21. The highest BCUT2D eigenvalue weighted by Gasteiger charge is 2.34. The van der Waals surface area contributed by atoms with Gasteiger partial charge in [-0.05, 0) is 19.3 Å². The van der Waals surface area contributed by atoms with Crippen LogP contribution >= 0.6 is 0 Å². The van der Waals surface area contributed by atoms with Crippen LogP contribution in [0, 0.1) is 0 Å². The summed E-state index contributed by atoms with van der Waals surface area (Å²) in [4.78, 5) is 0. The number of nitrogens with zero attached hydrogens (tertiary/aromatic N) is 2. The van der Waals surface area contributed by atoms with E-state index < -0.39 is 0 Å². The van der Waals surface area contributed by atoms with Gasteiger partial charge >= 0.3 is 0 Å². The molecule has 3 nitrogen and oxygen atoms in total. The number of hydrogen-bond donors (Lipinski definition) is 0. The van der Waals surface area contributed by atoms with Crippen molar-refractivity contribution < 1.29 is 4.42 Å². The van der Waals surface area contributed by atoms with Gasteiger partial charge in [0.15, 0.2) is 0 Å². The van der Waals surface area contributed by atoms with Gasteiger partial charge in [0, 0.05) is 17.9 Å². The topological polar surface area (TPSA) is 31.0 Å². The fraction of sp³-hybridized carbons (Fsp3) is 0.762. The van der Waals surface area contributed by atoms with Gasteiger partial charge in [0.05, 0.1) is 11.1 Å². The Hall–Kier alpha value is -1.25. The number of fused-ring (bicyclic) bond motifs is 1. The molecule has 0 radical (unpaired) electrons. The van der Waals surface area contributed by atoms with Crippen molar-refractivity contribution in [3.05, 3.63) is 17.2 Å². The standard InChI is InChI=1S/C21H36N2O/c1-9-11-12-13-14-15-16-17(23(8)22-15)19(21(6,7)10-2)24-18(16)20(3,4)5/h9-14H2,1-8H3. The Balaban J connectivity index is 2.58. The molecule has 136 valence electrons. The normalized spacial score (nSPS) is 13.2. The highest BCUT2D eigenvalue weighted by molar-refractivity contribution is 5.88. The van der Waals surface area contributed by atoms with Gasteiger partial charge < -0.3 is 4.42 Å². The Labute approximate surface area is 147 Å². The predicted octanol–water partition coefficient (Wildman–Crippen LogP) is 6.27. The molecule has 0 aromatic carbocycles. The summed E-state index contributed by atoms with van der Waals surface area (Å²) in [5.74, 6) is 2.20. The van der Waals surface area contributed by atoms with Crippen LogP contribution in [0.15, 0.2) is 4.42 Å². The summed E-state index contributed by atoms with van der Waals surface area (Å²) in [6.07, 6.45) is 7.17. The van der Waals surface area contributed by atoms with Gasteiger partial charge in [-0.3, -0.25) is 4.68 Å². The number of furan rings is 1. The Morgan fingerprint density at radius 1 is 0.958 bits per heavy atom. The van der Waals surface area contributed by atoms with E-state index in [9.17, 15) is 0 Å². The van der Waals surface area contributed by atoms with Crippen molar-refractivity contribution in [3.8, 4) is 0 Å². The van der Waals surface area contributed by atoms with Crippen LogP contribution in [-0.4, -0.2) is 9.78 Å². The average Bonchev–Trinajstić information content (AvgIpc) is 3.03. The molecular weight excluding hydrogens is 296 g/mol. The lowest BCUT2D eigenvalue weighted by molar-refractivity contribution is 0.328. The van der Waals surface area contributed by atoms with Gasteiger partial charge in [0.25, 0.3) is 0 Å². The zero-order chi connectivity index (χ0) is 18.1. The molecule has 0 atom stereocenters. The van der Waals surface area contributed by atoms with Gasteiger partial charge in [-0.15, -0.1) is 0 Å². The number of hydrogen-bond acceptors (Lipinski definition) is 2. The summed E-state index contributed by atoms with van der Waals surface area (Å²) >= 11 is 0. The molecule has 24 heavy (non-hydrogen) atoms. The fourth-order valence-electron chi connectivity index (χ4n) is 3.32. The number of rotatable bonds is 7. The molecule has 0 N–H and O–H groups in total. The summed E-state index contributed by atoms with van der Waals surface area (Å²) in [5, 5.41) is 6.16. The summed E-state index contributed by atoms with van der Waals surface area (Å²) < 4.78 is 8.57. The molecular formula is C21H36N2O. The van der Waals surface area contributed by atoms with Gasteiger partial charge in [-0.2, -0.15) is 5.10 Å². The lowest BCUT2D eigenvalue weighted by Crippen LogP contribution is -2.16. The van der Waals surface area contributed by atoms with E-state index in [1.807, 2.05) is 0 Å². The third-order valence-corrected chi connectivity index (χ3v) is 5.21. The molecule has 3 heteroatoms. The monoisotopic (exact) mass is 332 g/mol. The van der Waals surface area contributed by atoms with Crippen LogP contribution in [0.5, 0.6) is 0 Å². The van der Waals surface area contributed by atoms with E-state index in [4.69, 9.17) is 9.52 Å². The van der Waals surface area contributed by atoms with Crippen LogP contribution in [0.1, 0.15) is 97.8 Å². The van der Waals surface area contributed by atoms with Gasteiger partial charge in [0.2, 0.25) is 0 Å². The molecule has 0 fully saturated rings. The van der Waals surface area contributed by atoms with E-state index in [1.165, 1.54) is 42.3 Å². The largest absolute Gasteiger partial charge is 0.462 e. The molecule has 0 amide bonds. The summed E-state index contributed by atoms with van der Waals surface area (Å²) in [6, 6.07) is 0. The van der Waals surface area contributed by atoms with Gasteiger partial charge in [-0.1, -0.05) is 67.7 Å². The summed E-state index contributed by atoms with van der Waals surface area (Å²) in [5.41, 5.74) is 2.43. The predicted molar refractivity (Wildman–Crippen MR) is 103 cm³/mol. The number of aromatic nitrogens is 2. The van der Waals surface area contributed by atoms with Crippen LogP contribution in [-0.2, 0) is 24.3 Å². The molecule has 0 saturated heterocycles. The quantitative estimate of drug-likeness (QED) is 0.559. The highest BCUT2D eigenvalue weighted by Crippen LogP contribution is 2.42. The Morgan fingerprint density at radius 2 is 1.62 bits per heavy atom. The first-order valence-electron chi connectivity index (χ1n) is 9.62. The van der Waals surface area contributed by atoms with Crippen LogP contribution in [0.3, 0.4) is 0 Å². The molecule has 2 rings (SSSR count). The van der Waals surface area contributed by atoms with Gasteiger partial charge in [0.1, 0.15) is 17.0 Å². The van der Waals surface area contributed by atoms with Crippen molar-refractivity contribution in [2.45, 2.75) is 97.8 Å². The Bertz CT molecular complexity index is 683. The molecule has 0 aliphatic rings. The van der Waals surface area contributed by atoms with E-state index in [1.54, 1.807) is 0 Å². The highest BCUT2D eigenvalue weighted by atomic mass is 16.3. The van der Waals surface area contributed by atoms with Gasteiger partial charge in [-0.25, -0.2) is 0 Å². The van der Waals surface area contributed by atoms with Crippen molar-refractivity contribution in [1.82, 2.24) is 9.78 Å². The van der Waals surface area contributed by atoms with Crippen LogP contribution in [0.25, 0.3) is 10.9 Å². The molecule has 0 unspecified atom stereocenters. The summed E-state index contributed by atoms with van der Waals surface area (Å²) in [7, 11) is 2.06. The second-order valence-electron chi connectivity index (χ2n) is 8.85. The minimum atomic E-state index is -0.0124. The van der Waals surface area contributed by atoms with Crippen LogP contribution in [0.2, 0.25) is 0 Å². The van der Waals surface area contributed by atoms with Crippen molar-refractivity contribution in [2.24, 2.45) is 7.05 Å². The zero-order valence-electron chi connectivity index (χ0n) is 17.0. The number of aryl methyl sites for hydroxylation is 2. The lowest BCUT2D eigenvalue weighted by atomic mass is 9.86. The van der Waals surface area contributed by atoms with E-state index in [2.05, 4.69) is 60.2 Å². The molecule has 0 saturated carbocycles. The maximum Gasteiger partial charge on any atom is 0.135 e. The van der Waals surface area contributed by atoms with E-state index >= 15 is 0 Å². The smallest absolute Gasteiger partial charge is 0.135 e. The molecule has 2 heterocycles. The first-order chi connectivity index (χ1) is 11.1. The molecule has 2 aromatic heterocycles. The fourth-order valence-corrected chi connectivity index (χ4v) is 3.32. The molecule has 0 spiro atoms. The van der Waals surface area contributed by atoms with E-state index in [-0.39, 0.29) is 10.8 Å². The first-order valence-corrected chi connectivity index (χ1v) is 9.62. The second kappa shape index (κ2) is 6.93. The van der Waals surface area contributed by atoms with Crippen LogP contribution < -0.4 is 0 Å². The first kappa shape index (κ1) is 19.1. The molecule has 2 aromatic rings. The molecule has 0 bridgehead atoms. The maximum atomic E-state index is 6.51. The second-order valence-corrected chi connectivity index (χ2v) is 8.85. The SMILES string of the molecule is CCCCCCc1nn(C)c2c(C(C)(C)CC)oc(C(C)(C)C)c12. The Morgan fingerprint density at radius 3 is 2.17 bits per heavy atom. The number of unbranched alkanes of at least 4 members (excludes halogenated alkanes) is 3. The van der Waals surface area contributed by atoms with Crippen molar-refractivity contribution in [1.29, 1.82) is 0 Å². The van der Waals surface area contributed by atoms with E-state index in [0.29, 0.717) is 0 Å². The summed E-state index contributed by atoms with van der Waals surface area (Å²) in [6.45, 7) is 15.7. The van der Waals surface area contributed by atoms with Crippen molar-refractivity contribution >= 4 is 10.9 Å². The van der Waals surface area contributed by atoms with Crippen molar-refractivity contribution in [2.75, 3.05) is 0 Å². The molecule has 0 aliphatic carbocycles. The zero-order valence-corrected chi connectivity index (χ0v) is 17.0. The maximum absolute atomic E-state index is 6.51. The van der Waals surface area contributed by atoms with Crippen LogP contribution in [0.4, 0.5) is 0 Å².